The van der Waals surface area contributed by atoms with Crippen molar-refractivity contribution < 1.29 is 9.90 Å². The Morgan fingerprint density at radius 1 is 1.40 bits per heavy atom. The fraction of sp³-hybridized carbons (Fsp3) is 0.769. The summed E-state index contributed by atoms with van der Waals surface area (Å²) in [6.45, 7) is 6.50. The third-order valence-corrected chi connectivity index (χ3v) is 4.75. The molecule has 0 unspecified atom stereocenters. The zero-order valence-electron chi connectivity index (χ0n) is 9.79. The Morgan fingerprint density at radius 2 is 2.07 bits per heavy atom. The standard InChI is InChI=1S/C13H20O2/c1-9(2)13-6-4-12(3,5-7-13)10(8-13)11(14)15/h4,6,9-10H,5,7-8H2,1-3H3,(H,14,15)/t10-,12+,13+/m1/s1. The van der Waals surface area contributed by atoms with E-state index in [1.165, 1.54) is 0 Å². The summed E-state index contributed by atoms with van der Waals surface area (Å²) in [7, 11) is 0. The molecule has 0 heterocycles. The van der Waals surface area contributed by atoms with E-state index in [0.717, 1.165) is 19.3 Å². The third kappa shape index (κ3) is 1.42. The molecule has 2 heteroatoms. The zero-order chi connectivity index (χ0) is 11.3. The van der Waals surface area contributed by atoms with Crippen molar-refractivity contribution in [2.24, 2.45) is 22.7 Å². The van der Waals surface area contributed by atoms with Crippen molar-refractivity contribution >= 4 is 5.97 Å². The summed E-state index contributed by atoms with van der Waals surface area (Å²) in [6.07, 6.45) is 7.46. The summed E-state index contributed by atoms with van der Waals surface area (Å²) in [5.74, 6) is -0.259. The van der Waals surface area contributed by atoms with Gasteiger partial charge in [-0.2, -0.15) is 0 Å². The Kier molecular flexibility index (Phi) is 2.21. The van der Waals surface area contributed by atoms with Crippen molar-refractivity contribution in [3.63, 3.8) is 0 Å². The first-order valence-corrected chi connectivity index (χ1v) is 5.83. The van der Waals surface area contributed by atoms with Gasteiger partial charge < -0.3 is 5.11 Å². The minimum absolute atomic E-state index is 0.0948. The summed E-state index contributed by atoms with van der Waals surface area (Å²) in [4.78, 5) is 11.3. The van der Waals surface area contributed by atoms with E-state index in [-0.39, 0.29) is 16.7 Å². The van der Waals surface area contributed by atoms with Crippen molar-refractivity contribution in [1.29, 1.82) is 0 Å². The summed E-state index contributed by atoms with van der Waals surface area (Å²) in [5, 5.41) is 9.29. The lowest BCUT2D eigenvalue weighted by molar-refractivity contribution is -0.150. The van der Waals surface area contributed by atoms with Crippen LogP contribution in [0.3, 0.4) is 0 Å². The average molecular weight is 208 g/mol. The number of fused-ring (bicyclic) bond motifs is 2. The molecule has 0 radical (unpaired) electrons. The van der Waals surface area contributed by atoms with Crippen LogP contribution in [0.15, 0.2) is 12.2 Å². The number of hydrogen-bond donors (Lipinski definition) is 1. The highest BCUT2D eigenvalue weighted by Gasteiger charge is 2.52. The number of rotatable bonds is 2. The minimum Gasteiger partial charge on any atom is -0.481 e. The molecule has 1 fully saturated rings. The van der Waals surface area contributed by atoms with Crippen molar-refractivity contribution in [2.75, 3.05) is 0 Å². The topological polar surface area (TPSA) is 37.3 Å². The third-order valence-electron chi connectivity index (χ3n) is 4.75. The van der Waals surface area contributed by atoms with Crippen LogP contribution in [0, 0.1) is 22.7 Å². The molecule has 0 spiro atoms. The summed E-state index contributed by atoms with van der Waals surface area (Å²) >= 11 is 0. The van der Waals surface area contributed by atoms with Crippen LogP contribution in [0.4, 0.5) is 0 Å². The molecule has 3 rings (SSSR count). The van der Waals surface area contributed by atoms with Crippen LogP contribution in [-0.2, 0) is 4.79 Å². The van der Waals surface area contributed by atoms with Crippen LogP contribution in [-0.4, -0.2) is 11.1 Å². The fourth-order valence-electron chi connectivity index (χ4n) is 3.18. The Labute approximate surface area is 91.4 Å². The van der Waals surface area contributed by atoms with Crippen LogP contribution in [0.25, 0.3) is 0 Å². The molecule has 0 amide bonds. The van der Waals surface area contributed by atoms with Gasteiger partial charge in [-0.3, -0.25) is 4.79 Å². The van der Waals surface area contributed by atoms with Crippen LogP contribution in [0.2, 0.25) is 0 Å². The SMILES string of the molecule is CC(C)[C@@]12C=C[C@@](C)(CC1)[C@@H](C(=O)O)C2. The van der Waals surface area contributed by atoms with Gasteiger partial charge in [0.2, 0.25) is 0 Å². The number of carbonyl (C=O) groups is 1. The van der Waals surface area contributed by atoms with Gasteiger partial charge >= 0.3 is 5.97 Å². The predicted octanol–water partition coefficient (Wildman–Crippen LogP) is 3.09. The molecule has 2 nitrogen and oxygen atoms in total. The number of carboxylic acid groups (broad SMARTS) is 1. The predicted molar refractivity (Wildman–Crippen MR) is 59.5 cm³/mol. The normalized spacial score (nSPS) is 43.6. The van der Waals surface area contributed by atoms with Gasteiger partial charge in [-0.05, 0) is 36.0 Å². The molecule has 3 aliphatic carbocycles. The van der Waals surface area contributed by atoms with E-state index in [1.54, 1.807) is 0 Å². The molecule has 15 heavy (non-hydrogen) atoms. The number of aliphatic carboxylic acids is 1. The van der Waals surface area contributed by atoms with Gasteiger partial charge in [0, 0.05) is 0 Å². The second kappa shape index (κ2) is 3.10. The highest BCUT2D eigenvalue weighted by atomic mass is 16.4. The number of allylic oxidation sites excluding steroid dienone is 2. The maximum Gasteiger partial charge on any atom is 0.307 e. The Bertz CT molecular complexity index is 318. The molecular weight excluding hydrogens is 188 g/mol. The Morgan fingerprint density at radius 3 is 2.47 bits per heavy atom. The average Bonchev–Trinajstić information content (AvgIpc) is 2.18. The number of carboxylic acids is 1. The molecule has 3 aliphatic rings. The molecule has 0 aromatic rings. The van der Waals surface area contributed by atoms with E-state index in [4.69, 9.17) is 0 Å². The highest BCUT2D eigenvalue weighted by molar-refractivity contribution is 5.72. The molecule has 0 aliphatic heterocycles. The molecule has 0 aromatic heterocycles. The minimum atomic E-state index is -0.619. The van der Waals surface area contributed by atoms with E-state index in [9.17, 15) is 9.90 Å². The molecule has 3 atom stereocenters. The molecular formula is C13H20O2. The largest absolute Gasteiger partial charge is 0.481 e. The van der Waals surface area contributed by atoms with Gasteiger partial charge in [0.25, 0.3) is 0 Å². The summed E-state index contributed by atoms with van der Waals surface area (Å²) in [5.41, 5.74) is 0.0588. The van der Waals surface area contributed by atoms with E-state index in [0.29, 0.717) is 5.92 Å². The van der Waals surface area contributed by atoms with E-state index in [2.05, 4.69) is 32.9 Å². The maximum atomic E-state index is 11.3. The quantitative estimate of drug-likeness (QED) is 0.708. The van der Waals surface area contributed by atoms with E-state index >= 15 is 0 Å². The van der Waals surface area contributed by atoms with Crippen molar-refractivity contribution in [3.05, 3.63) is 12.2 Å². The summed E-state index contributed by atoms with van der Waals surface area (Å²) in [6, 6.07) is 0. The van der Waals surface area contributed by atoms with Gasteiger partial charge in [0.15, 0.2) is 0 Å². The van der Waals surface area contributed by atoms with Crippen LogP contribution < -0.4 is 0 Å². The first-order chi connectivity index (χ1) is 6.90. The Hall–Kier alpha value is -0.790. The van der Waals surface area contributed by atoms with E-state index < -0.39 is 5.97 Å². The fourth-order valence-corrected chi connectivity index (χ4v) is 3.18. The Balaban J connectivity index is 2.37. The van der Waals surface area contributed by atoms with Crippen molar-refractivity contribution in [3.8, 4) is 0 Å². The highest BCUT2D eigenvalue weighted by Crippen LogP contribution is 2.58. The first-order valence-electron chi connectivity index (χ1n) is 5.83. The van der Waals surface area contributed by atoms with E-state index in [1.807, 2.05) is 0 Å². The van der Waals surface area contributed by atoms with Crippen LogP contribution in [0.5, 0.6) is 0 Å². The molecule has 0 saturated heterocycles. The lowest BCUT2D eigenvalue weighted by Gasteiger charge is -2.53. The van der Waals surface area contributed by atoms with Gasteiger partial charge in [-0.1, -0.05) is 32.9 Å². The summed E-state index contributed by atoms with van der Waals surface area (Å²) < 4.78 is 0. The number of hydrogen-bond acceptors (Lipinski definition) is 1. The lowest BCUT2D eigenvalue weighted by atomic mass is 9.51. The molecule has 84 valence electrons. The zero-order valence-corrected chi connectivity index (χ0v) is 9.79. The van der Waals surface area contributed by atoms with Crippen LogP contribution >= 0.6 is 0 Å². The van der Waals surface area contributed by atoms with Crippen molar-refractivity contribution in [2.45, 2.75) is 40.0 Å². The first kappa shape index (κ1) is 10.7. The monoisotopic (exact) mass is 208 g/mol. The van der Waals surface area contributed by atoms with Gasteiger partial charge in [0.05, 0.1) is 5.92 Å². The van der Waals surface area contributed by atoms with Gasteiger partial charge in [-0.15, -0.1) is 0 Å². The maximum absolute atomic E-state index is 11.3. The van der Waals surface area contributed by atoms with Gasteiger partial charge in [-0.25, -0.2) is 0 Å². The van der Waals surface area contributed by atoms with Crippen LogP contribution in [0.1, 0.15) is 40.0 Å². The second-order valence-electron chi connectivity index (χ2n) is 5.82. The smallest absolute Gasteiger partial charge is 0.307 e. The second-order valence-corrected chi connectivity index (χ2v) is 5.82. The molecule has 0 aromatic carbocycles. The van der Waals surface area contributed by atoms with Gasteiger partial charge in [0.1, 0.15) is 0 Å². The lowest BCUT2D eigenvalue weighted by Crippen LogP contribution is -2.47. The molecule has 2 bridgehead atoms. The van der Waals surface area contributed by atoms with Crippen molar-refractivity contribution in [1.82, 2.24) is 0 Å². The molecule has 1 N–H and O–H groups in total. The molecule has 1 saturated carbocycles.